The molecule has 0 saturated carbocycles. The van der Waals surface area contributed by atoms with E-state index in [0.29, 0.717) is 40.5 Å². The van der Waals surface area contributed by atoms with Gasteiger partial charge in [-0.25, -0.2) is 17.8 Å². The number of anilines is 1. The topological polar surface area (TPSA) is 73.8 Å². The molecule has 11 heteroatoms. The summed E-state index contributed by atoms with van der Waals surface area (Å²) in [6.07, 6.45) is 2.74. The summed E-state index contributed by atoms with van der Waals surface area (Å²) < 4.78 is 42.4. The minimum atomic E-state index is -3.62. The number of aromatic nitrogens is 1. The van der Waals surface area contributed by atoms with Gasteiger partial charge in [0.1, 0.15) is 5.82 Å². The number of piperidine rings is 1. The highest BCUT2D eigenvalue weighted by atomic mass is 35.5. The Hall–Kier alpha value is -2.11. The third kappa shape index (κ3) is 6.49. The Labute approximate surface area is 228 Å². The van der Waals surface area contributed by atoms with Gasteiger partial charge in [-0.05, 0) is 75.3 Å². The summed E-state index contributed by atoms with van der Waals surface area (Å²) in [5.74, 6) is -0.615. The van der Waals surface area contributed by atoms with Gasteiger partial charge in [0.25, 0.3) is 5.91 Å². The molecule has 1 fully saturated rings. The lowest BCUT2D eigenvalue weighted by Gasteiger charge is -2.32. The first-order valence-electron chi connectivity index (χ1n) is 12.5. The average molecular weight is 569 g/mol. The van der Waals surface area contributed by atoms with Crippen molar-refractivity contribution < 1.29 is 17.6 Å². The van der Waals surface area contributed by atoms with Gasteiger partial charge in [0.2, 0.25) is 10.0 Å². The van der Waals surface area contributed by atoms with E-state index in [-0.39, 0.29) is 35.1 Å². The first kappa shape index (κ1) is 29.4. The second-order valence-electron chi connectivity index (χ2n) is 9.08. The van der Waals surface area contributed by atoms with Gasteiger partial charge in [-0.1, -0.05) is 31.6 Å². The molecule has 1 aliphatic heterocycles. The molecule has 37 heavy (non-hydrogen) atoms. The predicted molar refractivity (Wildman–Crippen MR) is 150 cm³/mol. The van der Waals surface area contributed by atoms with E-state index in [9.17, 15) is 17.6 Å². The van der Waals surface area contributed by atoms with Crippen molar-refractivity contribution in [3.8, 4) is 0 Å². The molecule has 7 nitrogen and oxygen atoms in total. The van der Waals surface area contributed by atoms with Crippen LogP contribution in [0, 0.1) is 5.82 Å². The van der Waals surface area contributed by atoms with Gasteiger partial charge in [0.05, 0.1) is 15.1 Å². The minimum absolute atomic E-state index is 0. The van der Waals surface area contributed by atoms with E-state index >= 15 is 0 Å². The minimum Gasteiger partial charge on any atom is -0.302 e. The van der Waals surface area contributed by atoms with Gasteiger partial charge in [-0.3, -0.25) is 9.69 Å². The maximum absolute atomic E-state index is 13.7. The van der Waals surface area contributed by atoms with Crippen LogP contribution in [0.2, 0.25) is 0 Å². The molecule has 1 saturated heterocycles. The number of carbonyl (C=O) groups excluding carboxylic acids is 1. The SMILES string of the molecule is CCN(CC)CCN(C(=O)c1ccc(S(=O)(=O)N2CCCCC2C)cc1)c1nc2ccc(F)cc2s1.Cl. The average Bonchev–Trinajstić information content (AvgIpc) is 3.29. The third-order valence-electron chi connectivity index (χ3n) is 6.80. The fourth-order valence-corrected chi connectivity index (χ4v) is 7.27. The second-order valence-corrected chi connectivity index (χ2v) is 12.0. The molecular formula is C26H34ClFN4O3S2. The number of carbonyl (C=O) groups is 1. The molecule has 0 spiro atoms. The number of hydrogen-bond acceptors (Lipinski definition) is 6. The number of sulfonamides is 1. The molecule has 1 amide bonds. The second kappa shape index (κ2) is 12.6. The summed E-state index contributed by atoms with van der Waals surface area (Å²) in [6, 6.07) is 10.5. The molecule has 1 atom stereocenters. The van der Waals surface area contributed by atoms with Gasteiger partial charge >= 0.3 is 0 Å². The molecule has 1 aromatic heterocycles. The number of fused-ring (bicyclic) bond motifs is 1. The Balaban J connectivity index is 0.00000380. The van der Waals surface area contributed by atoms with Crippen molar-refractivity contribution in [2.24, 2.45) is 0 Å². The number of thiazole rings is 1. The van der Waals surface area contributed by atoms with E-state index in [1.54, 1.807) is 27.4 Å². The standard InChI is InChI=1S/C26H33FN4O3S2.ClH/c1-4-29(5-2)16-17-30(26-28-23-14-11-21(27)18-24(23)35-26)25(32)20-9-12-22(13-10-20)36(33,34)31-15-7-6-8-19(31)3;/h9-14,18-19H,4-8,15-17H2,1-3H3;1H. The predicted octanol–water partition coefficient (Wildman–Crippen LogP) is 5.41. The summed E-state index contributed by atoms with van der Waals surface area (Å²) in [5.41, 5.74) is 1.01. The molecule has 4 rings (SSSR count). The molecule has 0 aliphatic carbocycles. The Kier molecular flexibility index (Phi) is 10.0. The van der Waals surface area contributed by atoms with Crippen LogP contribution in [0.1, 0.15) is 50.4 Å². The number of nitrogens with zero attached hydrogens (tertiary/aromatic N) is 4. The van der Waals surface area contributed by atoms with E-state index in [1.807, 2.05) is 6.92 Å². The maximum Gasteiger partial charge on any atom is 0.260 e. The first-order chi connectivity index (χ1) is 17.2. The zero-order valence-corrected chi connectivity index (χ0v) is 23.8. The van der Waals surface area contributed by atoms with Crippen molar-refractivity contribution in [2.45, 2.75) is 51.0 Å². The summed E-state index contributed by atoms with van der Waals surface area (Å²) in [7, 11) is -3.62. The van der Waals surface area contributed by atoms with Crippen molar-refractivity contribution >= 4 is 55.0 Å². The van der Waals surface area contributed by atoms with E-state index in [1.165, 1.54) is 35.6 Å². The number of benzene rings is 2. The number of halogens is 2. The van der Waals surface area contributed by atoms with Gasteiger partial charge < -0.3 is 4.90 Å². The zero-order chi connectivity index (χ0) is 25.9. The van der Waals surface area contributed by atoms with Crippen LogP contribution in [-0.2, 0) is 10.0 Å². The summed E-state index contributed by atoms with van der Waals surface area (Å²) in [6.45, 7) is 9.36. The summed E-state index contributed by atoms with van der Waals surface area (Å²) in [5, 5.41) is 0.492. The highest BCUT2D eigenvalue weighted by Gasteiger charge is 2.31. The number of hydrogen-bond donors (Lipinski definition) is 0. The fraction of sp³-hybridized carbons (Fsp3) is 0.462. The van der Waals surface area contributed by atoms with Crippen LogP contribution < -0.4 is 4.90 Å². The van der Waals surface area contributed by atoms with E-state index in [0.717, 1.165) is 32.4 Å². The molecule has 0 bridgehead atoms. The van der Waals surface area contributed by atoms with Crippen LogP contribution in [0.25, 0.3) is 10.2 Å². The van der Waals surface area contributed by atoms with Crippen LogP contribution in [-0.4, -0.2) is 67.3 Å². The van der Waals surface area contributed by atoms with Gasteiger partial charge in [0.15, 0.2) is 5.13 Å². The highest BCUT2D eigenvalue weighted by Crippen LogP contribution is 2.31. The molecule has 1 unspecified atom stereocenters. The summed E-state index contributed by atoms with van der Waals surface area (Å²) >= 11 is 1.27. The zero-order valence-electron chi connectivity index (χ0n) is 21.4. The van der Waals surface area contributed by atoms with E-state index in [4.69, 9.17) is 0 Å². The van der Waals surface area contributed by atoms with Crippen molar-refractivity contribution in [1.82, 2.24) is 14.2 Å². The van der Waals surface area contributed by atoms with Crippen molar-refractivity contribution in [1.29, 1.82) is 0 Å². The van der Waals surface area contributed by atoms with E-state index < -0.39 is 10.0 Å². The monoisotopic (exact) mass is 568 g/mol. The maximum atomic E-state index is 13.7. The van der Waals surface area contributed by atoms with Crippen LogP contribution in [0.4, 0.5) is 9.52 Å². The lowest BCUT2D eigenvalue weighted by atomic mass is 10.1. The van der Waals surface area contributed by atoms with Gasteiger partial charge in [0, 0.05) is 31.2 Å². The smallest absolute Gasteiger partial charge is 0.260 e. The normalized spacial score (nSPS) is 16.6. The van der Waals surface area contributed by atoms with Gasteiger partial charge in [-0.15, -0.1) is 12.4 Å². The first-order valence-corrected chi connectivity index (χ1v) is 14.7. The van der Waals surface area contributed by atoms with Crippen molar-refractivity contribution in [3.05, 3.63) is 53.8 Å². The Morgan fingerprint density at radius 1 is 1.11 bits per heavy atom. The molecule has 2 heterocycles. The Morgan fingerprint density at radius 2 is 1.81 bits per heavy atom. The molecule has 202 valence electrons. The lowest BCUT2D eigenvalue weighted by molar-refractivity contribution is 0.0983. The Morgan fingerprint density at radius 3 is 2.46 bits per heavy atom. The number of likely N-dealkylation sites (N-methyl/N-ethyl adjacent to an activating group) is 1. The quantitative estimate of drug-likeness (QED) is 0.345. The van der Waals surface area contributed by atoms with Crippen molar-refractivity contribution in [3.63, 3.8) is 0 Å². The molecule has 3 aromatic rings. The van der Waals surface area contributed by atoms with Crippen LogP contribution in [0.3, 0.4) is 0 Å². The van der Waals surface area contributed by atoms with Gasteiger partial charge in [-0.2, -0.15) is 4.31 Å². The number of amides is 1. The molecule has 2 aromatic carbocycles. The third-order valence-corrected chi connectivity index (χ3v) is 9.87. The molecule has 0 radical (unpaired) electrons. The molecule has 0 N–H and O–H groups in total. The molecule has 1 aliphatic rings. The Bertz CT molecular complexity index is 1310. The summed E-state index contributed by atoms with van der Waals surface area (Å²) in [4.78, 5) is 22.2. The van der Waals surface area contributed by atoms with Crippen LogP contribution in [0.15, 0.2) is 47.4 Å². The van der Waals surface area contributed by atoms with E-state index in [2.05, 4.69) is 23.7 Å². The largest absolute Gasteiger partial charge is 0.302 e. The van der Waals surface area contributed by atoms with Crippen LogP contribution in [0.5, 0.6) is 0 Å². The number of rotatable bonds is 9. The van der Waals surface area contributed by atoms with Crippen molar-refractivity contribution in [2.75, 3.05) is 37.6 Å². The fourth-order valence-electron chi connectivity index (χ4n) is 4.56. The van der Waals surface area contributed by atoms with Crippen LogP contribution >= 0.6 is 23.7 Å². The lowest BCUT2D eigenvalue weighted by Crippen LogP contribution is -2.42. The molecular weight excluding hydrogens is 535 g/mol. The highest BCUT2D eigenvalue weighted by molar-refractivity contribution is 7.89.